The Balaban J connectivity index is 1.60. The second-order valence-corrected chi connectivity index (χ2v) is 6.15. The second kappa shape index (κ2) is 7.27. The largest absolute Gasteiger partial charge is 0.322 e. The van der Waals surface area contributed by atoms with Gasteiger partial charge in [0, 0.05) is 25.0 Å². The van der Waals surface area contributed by atoms with E-state index in [1.54, 1.807) is 12.4 Å². The quantitative estimate of drug-likeness (QED) is 0.441. The molecule has 2 aromatic heterocycles. The van der Waals surface area contributed by atoms with Gasteiger partial charge in [-0.3, -0.25) is 9.78 Å². The molecule has 0 aliphatic carbocycles. The first-order valence-corrected chi connectivity index (χ1v) is 8.41. The molecule has 0 unspecified atom stereocenters. The zero-order valence-electron chi connectivity index (χ0n) is 13.4. The number of aromatic nitrogens is 3. The average Bonchev–Trinajstić information content (AvgIpc) is 2.95. The lowest BCUT2D eigenvalue weighted by molar-refractivity contribution is -0.118. The summed E-state index contributed by atoms with van der Waals surface area (Å²) in [5.41, 5.74) is 6.13. The van der Waals surface area contributed by atoms with Crippen LogP contribution < -0.4 is 5.43 Å². The predicted molar refractivity (Wildman–Crippen MR) is 96.0 cm³/mol. The van der Waals surface area contributed by atoms with E-state index in [4.69, 9.17) is 0 Å². The topological polar surface area (TPSA) is 72.2 Å². The van der Waals surface area contributed by atoms with Gasteiger partial charge >= 0.3 is 0 Å². The van der Waals surface area contributed by atoms with Gasteiger partial charge in [-0.15, -0.1) is 0 Å². The van der Waals surface area contributed by atoms with E-state index in [9.17, 15) is 4.79 Å². The molecule has 1 amide bonds. The molecular weight excluding hydrogens is 322 g/mol. The fourth-order valence-corrected chi connectivity index (χ4v) is 2.98. The fourth-order valence-electron chi connectivity index (χ4n) is 2.20. The van der Waals surface area contributed by atoms with Gasteiger partial charge < -0.3 is 4.57 Å². The normalized spacial score (nSPS) is 11.7. The molecule has 0 radical (unpaired) electrons. The molecule has 0 saturated heterocycles. The van der Waals surface area contributed by atoms with Crippen molar-refractivity contribution in [1.29, 1.82) is 0 Å². The highest BCUT2D eigenvalue weighted by Gasteiger charge is 2.10. The number of hydrogen-bond donors (Lipinski definition) is 1. The summed E-state index contributed by atoms with van der Waals surface area (Å²) in [4.78, 5) is 20.5. The minimum absolute atomic E-state index is 0.171. The highest BCUT2D eigenvalue weighted by molar-refractivity contribution is 7.99. The van der Waals surface area contributed by atoms with Crippen molar-refractivity contribution in [3.05, 3.63) is 54.4 Å². The van der Waals surface area contributed by atoms with Crippen molar-refractivity contribution in [3.63, 3.8) is 0 Å². The molecule has 0 fully saturated rings. The number of rotatable bonds is 5. The third-order valence-electron chi connectivity index (χ3n) is 3.51. The average molecular weight is 339 g/mol. The maximum Gasteiger partial charge on any atom is 0.250 e. The highest BCUT2D eigenvalue weighted by Crippen LogP contribution is 2.22. The van der Waals surface area contributed by atoms with Gasteiger partial charge in [0.1, 0.15) is 0 Å². The molecule has 3 rings (SSSR count). The third kappa shape index (κ3) is 3.62. The number of carbonyl (C=O) groups excluding carboxylic acids is 1. The van der Waals surface area contributed by atoms with E-state index in [0.29, 0.717) is 5.71 Å². The number of hydrazone groups is 1. The molecule has 24 heavy (non-hydrogen) atoms. The summed E-state index contributed by atoms with van der Waals surface area (Å²) in [5, 5.41) is 4.91. The van der Waals surface area contributed by atoms with Crippen LogP contribution in [0.5, 0.6) is 0 Å². The van der Waals surface area contributed by atoms with Gasteiger partial charge in [0.05, 0.1) is 22.5 Å². The molecule has 0 aliphatic rings. The number of nitrogens with zero attached hydrogens (tertiary/aromatic N) is 4. The number of para-hydroxylation sites is 2. The number of carbonyl (C=O) groups is 1. The summed E-state index contributed by atoms with van der Waals surface area (Å²) in [6.45, 7) is 1.83. The molecule has 3 aromatic rings. The molecule has 0 bridgehead atoms. The predicted octanol–water partition coefficient (Wildman–Crippen LogP) is 2.60. The highest BCUT2D eigenvalue weighted by atomic mass is 32.2. The molecule has 122 valence electrons. The van der Waals surface area contributed by atoms with Crippen molar-refractivity contribution in [2.24, 2.45) is 12.1 Å². The number of imidazole rings is 1. The zero-order valence-corrected chi connectivity index (χ0v) is 14.2. The summed E-state index contributed by atoms with van der Waals surface area (Å²) in [6.07, 6.45) is 3.40. The Kier molecular flexibility index (Phi) is 4.90. The van der Waals surface area contributed by atoms with Crippen LogP contribution in [0.3, 0.4) is 0 Å². The van der Waals surface area contributed by atoms with Crippen LogP contribution in [0.1, 0.15) is 12.5 Å². The van der Waals surface area contributed by atoms with E-state index in [1.807, 2.05) is 54.9 Å². The van der Waals surface area contributed by atoms with E-state index in [2.05, 4.69) is 20.5 Å². The monoisotopic (exact) mass is 339 g/mol. The lowest BCUT2D eigenvalue weighted by Crippen LogP contribution is -2.21. The van der Waals surface area contributed by atoms with Crippen molar-refractivity contribution < 1.29 is 4.79 Å². The molecule has 2 heterocycles. The molecule has 0 aliphatic heterocycles. The van der Waals surface area contributed by atoms with Crippen LogP contribution in [0, 0.1) is 0 Å². The van der Waals surface area contributed by atoms with Gasteiger partial charge in [0.15, 0.2) is 5.16 Å². The SMILES string of the molecule is C/C(=N/NC(=O)CSc1nc2ccccc2n1C)c1cccnc1. The number of pyridine rings is 1. The van der Waals surface area contributed by atoms with E-state index in [1.165, 1.54) is 11.8 Å². The Hall–Kier alpha value is -2.67. The lowest BCUT2D eigenvalue weighted by Gasteiger charge is -2.03. The van der Waals surface area contributed by atoms with Crippen molar-refractivity contribution in [1.82, 2.24) is 20.0 Å². The molecule has 0 spiro atoms. The maximum atomic E-state index is 12.0. The Morgan fingerprint density at radius 1 is 1.29 bits per heavy atom. The summed E-state index contributed by atoms with van der Waals surface area (Å²) < 4.78 is 1.98. The van der Waals surface area contributed by atoms with Crippen molar-refractivity contribution in [2.45, 2.75) is 12.1 Å². The minimum atomic E-state index is -0.171. The van der Waals surface area contributed by atoms with Crippen LogP contribution in [-0.4, -0.2) is 31.9 Å². The molecule has 1 aromatic carbocycles. The van der Waals surface area contributed by atoms with Crippen LogP contribution in [0.25, 0.3) is 11.0 Å². The van der Waals surface area contributed by atoms with Crippen molar-refractivity contribution in [2.75, 3.05) is 5.75 Å². The van der Waals surface area contributed by atoms with Gasteiger partial charge in [0.2, 0.25) is 0 Å². The molecule has 1 N–H and O–H groups in total. The van der Waals surface area contributed by atoms with E-state index >= 15 is 0 Å². The summed E-state index contributed by atoms with van der Waals surface area (Å²) in [7, 11) is 1.94. The number of aryl methyl sites for hydroxylation is 1. The van der Waals surface area contributed by atoms with Crippen LogP contribution in [0.4, 0.5) is 0 Å². The molecule has 7 heteroatoms. The Morgan fingerprint density at radius 2 is 2.12 bits per heavy atom. The molecule has 6 nitrogen and oxygen atoms in total. The first-order valence-electron chi connectivity index (χ1n) is 7.43. The van der Waals surface area contributed by atoms with Crippen LogP contribution in [0.2, 0.25) is 0 Å². The summed E-state index contributed by atoms with van der Waals surface area (Å²) in [5.74, 6) is 0.0800. The van der Waals surface area contributed by atoms with Gasteiger partial charge in [-0.1, -0.05) is 30.0 Å². The standard InChI is InChI=1S/C17H17N5OS/c1-12(13-6-5-9-18-10-13)20-21-16(23)11-24-17-19-14-7-3-4-8-15(14)22(17)2/h3-10H,11H2,1-2H3,(H,21,23)/b20-12-. The number of thioether (sulfide) groups is 1. The van der Waals surface area contributed by atoms with Crippen molar-refractivity contribution in [3.8, 4) is 0 Å². The first-order chi connectivity index (χ1) is 11.6. The number of hydrogen-bond acceptors (Lipinski definition) is 5. The number of amides is 1. The molecule has 0 atom stereocenters. The third-order valence-corrected chi connectivity index (χ3v) is 4.54. The summed E-state index contributed by atoms with van der Waals surface area (Å²) in [6, 6.07) is 11.6. The first kappa shape index (κ1) is 16.2. The Bertz CT molecular complexity index is 888. The second-order valence-electron chi connectivity index (χ2n) is 5.20. The molecular formula is C17H17N5OS. The smallest absolute Gasteiger partial charge is 0.250 e. The fraction of sp³-hybridized carbons (Fsp3) is 0.176. The number of nitrogens with one attached hydrogen (secondary N) is 1. The number of benzene rings is 1. The van der Waals surface area contributed by atoms with Gasteiger partial charge in [-0.25, -0.2) is 10.4 Å². The number of fused-ring (bicyclic) bond motifs is 1. The maximum absolute atomic E-state index is 12.0. The van der Waals surface area contributed by atoms with Crippen LogP contribution in [0.15, 0.2) is 59.0 Å². The summed E-state index contributed by atoms with van der Waals surface area (Å²) >= 11 is 1.39. The van der Waals surface area contributed by atoms with Gasteiger partial charge in [-0.05, 0) is 25.1 Å². The molecule has 0 saturated carbocycles. The lowest BCUT2D eigenvalue weighted by atomic mass is 10.2. The van der Waals surface area contributed by atoms with E-state index in [0.717, 1.165) is 21.8 Å². The van der Waals surface area contributed by atoms with Gasteiger partial charge in [-0.2, -0.15) is 5.10 Å². The van der Waals surface area contributed by atoms with Gasteiger partial charge in [0.25, 0.3) is 5.91 Å². The zero-order chi connectivity index (χ0) is 16.9. The van der Waals surface area contributed by atoms with E-state index < -0.39 is 0 Å². The van der Waals surface area contributed by atoms with Crippen molar-refractivity contribution >= 4 is 34.4 Å². The van der Waals surface area contributed by atoms with Crippen LogP contribution >= 0.6 is 11.8 Å². The Morgan fingerprint density at radius 3 is 2.88 bits per heavy atom. The van der Waals surface area contributed by atoms with Crippen LogP contribution in [-0.2, 0) is 11.8 Å². The Labute approximate surface area is 144 Å². The van der Waals surface area contributed by atoms with E-state index in [-0.39, 0.29) is 11.7 Å². The minimum Gasteiger partial charge on any atom is -0.322 e.